The zero-order chi connectivity index (χ0) is 24.2. The highest BCUT2D eigenvalue weighted by atomic mass is 32.1. The molecule has 1 aliphatic heterocycles. The van der Waals surface area contributed by atoms with Crippen LogP contribution in [0.4, 0.5) is 9.52 Å². The number of rotatable bonds is 7. The number of hydrogen-bond donors (Lipinski definition) is 1. The Morgan fingerprint density at radius 1 is 1.20 bits per heavy atom. The van der Waals surface area contributed by atoms with Gasteiger partial charge in [-0.2, -0.15) is 5.10 Å². The SMILES string of the molecule is COc1cccc(-c2nn(-c3ccc(F)cc3)cc2C(=O)Nc2nc(CN3CCOCC3)cs2)c1. The van der Waals surface area contributed by atoms with Crippen LogP contribution in [0.25, 0.3) is 16.9 Å². The van der Waals surface area contributed by atoms with E-state index in [1.54, 1.807) is 30.1 Å². The van der Waals surface area contributed by atoms with Crippen LogP contribution < -0.4 is 10.1 Å². The van der Waals surface area contributed by atoms with Crippen LogP contribution in [0.5, 0.6) is 5.75 Å². The lowest BCUT2D eigenvalue weighted by Crippen LogP contribution is -2.35. The molecular weight excluding hydrogens is 469 g/mol. The lowest BCUT2D eigenvalue weighted by Gasteiger charge is -2.25. The molecule has 2 aromatic carbocycles. The van der Waals surface area contributed by atoms with Crippen molar-refractivity contribution in [1.29, 1.82) is 0 Å². The molecule has 1 aliphatic rings. The number of nitrogens with zero attached hydrogens (tertiary/aromatic N) is 4. The molecular formula is C25H24FN5O3S. The second-order valence-corrected chi connectivity index (χ2v) is 8.89. The maximum atomic E-state index is 13.4. The Kier molecular flexibility index (Phi) is 6.84. The molecule has 5 rings (SSSR count). The number of carbonyl (C=O) groups excluding carboxylic acids is 1. The number of carbonyl (C=O) groups is 1. The summed E-state index contributed by atoms with van der Waals surface area (Å²) < 4.78 is 25.7. The first-order chi connectivity index (χ1) is 17.1. The summed E-state index contributed by atoms with van der Waals surface area (Å²) in [4.78, 5) is 20.2. The smallest absolute Gasteiger partial charge is 0.261 e. The molecule has 10 heteroatoms. The van der Waals surface area contributed by atoms with Crippen molar-refractivity contribution in [2.24, 2.45) is 0 Å². The maximum absolute atomic E-state index is 13.4. The van der Waals surface area contributed by atoms with Crippen LogP contribution in [-0.4, -0.2) is 59.0 Å². The van der Waals surface area contributed by atoms with Crippen molar-refractivity contribution < 1.29 is 18.7 Å². The molecule has 0 aliphatic carbocycles. The third kappa shape index (κ3) is 5.40. The summed E-state index contributed by atoms with van der Waals surface area (Å²) in [6.07, 6.45) is 1.64. The van der Waals surface area contributed by atoms with Crippen molar-refractivity contribution in [3.8, 4) is 22.7 Å². The first kappa shape index (κ1) is 23.2. The number of amides is 1. The Bertz CT molecular complexity index is 1310. The summed E-state index contributed by atoms with van der Waals surface area (Å²) in [7, 11) is 1.58. The Morgan fingerprint density at radius 2 is 2.00 bits per heavy atom. The van der Waals surface area contributed by atoms with Crippen LogP contribution in [0.3, 0.4) is 0 Å². The van der Waals surface area contributed by atoms with E-state index in [0.717, 1.165) is 37.6 Å². The number of methoxy groups -OCH3 is 1. The number of thiazole rings is 1. The largest absolute Gasteiger partial charge is 0.497 e. The molecule has 4 aromatic rings. The summed E-state index contributed by atoms with van der Waals surface area (Å²) in [5.74, 6) is -0.0233. The van der Waals surface area contributed by atoms with Gasteiger partial charge < -0.3 is 9.47 Å². The number of nitrogens with one attached hydrogen (secondary N) is 1. The molecule has 1 saturated heterocycles. The molecule has 2 aromatic heterocycles. The van der Waals surface area contributed by atoms with E-state index >= 15 is 0 Å². The molecule has 0 bridgehead atoms. The third-order valence-electron chi connectivity index (χ3n) is 5.65. The van der Waals surface area contributed by atoms with Gasteiger partial charge in [0.1, 0.15) is 17.3 Å². The van der Waals surface area contributed by atoms with Gasteiger partial charge in [0.05, 0.1) is 37.3 Å². The van der Waals surface area contributed by atoms with Gasteiger partial charge in [-0.15, -0.1) is 11.3 Å². The van der Waals surface area contributed by atoms with Gasteiger partial charge >= 0.3 is 0 Å². The van der Waals surface area contributed by atoms with Crippen molar-refractivity contribution in [1.82, 2.24) is 19.7 Å². The molecule has 3 heterocycles. The fraction of sp³-hybridized carbons (Fsp3) is 0.240. The average molecular weight is 494 g/mol. The lowest BCUT2D eigenvalue weighted by molar-refractivity contribution is 0.0337. The molecule has 8 nitrogen and oxygen atoms in total. The molecule has 0 saturated carbocycles. The van der Waals surface area contributed by atoms with Crippen molar-refractivity contribution in [2.45, 2.75) is 6.54 Å². The molecule has 1 amide bonds. The second kappa shape index (κ2) is 10.3. The number of anilines is 1. The minimum Gasteiger partial charge on any atom is -0.497 e. The topological polar surface area (TPSA) is 81.5 Å². The Hall–Kier alpha value is -3.60. The lowest BCUT2D eigenvalue weighted by atomic mass is 10.1. The van der Waals surface area contributed by atoms with Crippen LogP contribution in [0.1, 0.15) is 16.1 Å². The number of morpholine rings is 1. The van der Waals surface area contributed by atoms with Crippen molar-refractivity contribution in [3.05, 3.63) is 77.2 Å². The van der Waals surface area contributed by atoms with E-state index in [9.17, 15) is 9.18 Å². The fourth-order valence-corrected chi connectivity index (χ4v) is 4.54. The van der Waals surface area contributed by atoms with Gasteiger partial charge in [0.2, 0.25) is 0 Å². The standard InChI is InChI=1S/C25H24FN5O3S/c1-33-21-4-2-3-17(13-21)23-22(15-31(29-23)20-7-5-18(26)6-8-20)24(32)28-25-27-19(16-35-25)14-30-9-11-34-12-10-30/h2-8,13,15-16H,9-12,14H2,1H3,(H,27,28,32). The summed E-state index contributed by atoms with van der Waals surface area (Å²) in [6, 6.07) is 13.3. The zero-order valence-corrected chi connectivity index (χ0v) is 19.9. The first-order valence-corrected chi connectivity index (χ1v) is 12.0. The molecule has 0 unspecified atom stereocenters. The number of benzene rings is 2. The number of halogens is 1. The molecule has 0 atom stereocenters. The van der Waals surface area contributed by atoms with E-state index in [1.807, 2.05) is 29.6 Å². The van der Waals surface area contributed by atoms with Crippen LogP contribution >= 0.6 is 11.3 Å². The number of aromatic nitrogens is 3. The highest BCUT2D eigenvalue weighted by Gasteiger charge is 2.21. The predicted molar refractivity (Wildman–Crippen MR) is 132 cm³/mol. The highest BCUT2D eigenvalue weighted by Crippen LogP contribution is 2.28. The Labute approximate surface area is 205 Å². The summed E-state index contributed by atoms with van der Waals surface area (Å²) >= 11 is 1.38. The number of hydrogen-bond acceptors (Lipinski definition) is 7. The van der Waals surface area contributed by atoms with Gasteiger partial charge in [-0.25, -0.2) is 14.1 Å². The molecule has 1 fully saturated rings. The van der Waals surface area contributed by atoms with Crippen LogP contribution in [-0.2, 0) is 11.3 Å². The van der Waals surface area contributed by atoms with E-state index in [-0.39, 0.29) is 11.7 Å². The van der Waals surface area contributed by atoms with Gasteiger partial charge in [0, 0.05) is 36.8 Å². The normalized spacial score (nSPS) is 14.1. The molecule has 1 N–H and O–H groups in total. The van der Waals surface area contributed by atoms with Crippen molar-refractivity contribution >= 4 is 22.4 Å². The predicted octanol–water partition coefficient (Wildman–Crippen LogP) is 4.23. The quantitative estimate of drug-likeness (QED) is 0.415. The minimum absolute atomic E-state index is 0.330. The van der Waals surface area contributed by atoms with Gasteiger partial charge in [-0.3, -0.25) is 15.0 Å². The second-order valence-electron chi connectivity index (χ2n) is 8.03. The van der Waals surface area contributed by atoms with Crippen LogP contribution in [0, 0.1) is 5.82 Å². The fourth-order valence-electron chi connectivity index (χ4n) is 3.84. The van der Waals surface area contributed by atoms with Gasteiger partial charge in [-0.1, -0.05) is 12.1 Å². The first-order valence-electron chi connectivity index (χ1n) is 11.1. The van der Waals surface area contributed by atoms with Gasteiger partial charge in [0.15, 0.2) is 5.13 Å². The summed E-state index contributed by atoms with van der Waals surface area (Å²) in [5, 5.41) is 10.0. The molecule has 180 valence electrons. The zero-order valence-electron chi connectivity index (χ0n) is 19.1. The van der Waals surface area contributed by atoms with Crippen LogP contribution in [0.15, 0.2) is 60.1 Å². The number of ether oxygens (including phenoxy) is 2. The van der Waals surface area contributed by atoms with E-state index in [2.05, 4.69) is 20.3 Å². The van der Waals surface area contributed by atoms with E-state index < -0.39 is 0 Å². The van der Waals surface area contributed by atoms with Crippen LogP contribution in [0.2, 0.25) is 0 Å². The Balaban J connectivity index is 1.42. The van der Waals surface area contributed by atoms with E-state index in [1.165, 1.54) is 23.5 Å². The summed E-state index contributed by atoms with van der Waals surface area (Å²) in [5.41, 5.74) is 3.12. The monoisotopic (exact) mass is 493 g/mol. The molecule has 35 heavy (non-hydrogen) atoms. The molecule has 0 radical (unpaired) electrons. The third-order valence-corrected chi connectivity index (χ3v) is 6.46. The van der Waals surface area contributed by atoms with Gasteiger partial charge in [-0.05, 0) is 36.4 Å². The minimum atomic E-state index is -0.344. The molecule has 0 spiro atoms. The van der Waals surface area contributed by atoms with Crippen molar-refractivity contribution in [2.75, 3.05) is 38.7 Å². The van der Waals surface area contributed by atoms with E-state index in [0.29, 0.717) is 34.4 Å². The van der Waals surface area contributed by atoms with Crippen molar-refractivity contribution in [3.63, 3.8) is 0 Å². The van der Waals surface area contributed by atoms with Gasteiger partial charge in [0.25, 0.3) is 5.91 Å². The average Bonchev–Trinajstić information content (AvgIpc) is 3.52. The maximum Gasteiger partial charge on any atom is 0.261 e. The summed E-state index contributed by atoms with van der Waals surface area (Å²) in [6.45, 7) is 3.89. The Morgan fingerprint density at radius 3 is 2.77 bits per heavy atom. The highest BCUT2D eigenvalue weighted by molar-refractivity contribution is 7.14. The van der Waals surface area contributed by atoms with E-state index in [4.69, 9.17) is 9.47 Å².